The summed E-state index contributed by atoms with van der Waals surface area (Å²) in [4.78, 5) is 11.4. The van der Waals surface area contributed by atoms with E-state index in [1.54, 1.807) is 0 Å². The first kappa shape index (κ1) is 14.0. The van der Waals surface area contributed by atoms with Crippen LogP contribution < -0.4 is 0 Å². The van der Waals surface area contributed by atoms with Gasteiger partial charge >= 0.3 is 5.97 Å². The largest absolute Gasteiger partial charge is 0.467 e. The van der Waals surface area contributed by atoms with E-state index in [2.05, 4.69) is 4.74 Å². The van der Waals surface area contributed by atoms with Crippen molar-refractivity contribution in [3.63, 3.8) is 0 Å². The van der Waals surface area contributed by atoms with E-state index in [1.807, 2.05) is 30.3 Å². The molecule has 0 spiro atoms. The highest BCUT2D eigenvalue weighted by Gasteiger charge is 2.35. The Morgan fingerprint density at radius 2 is 2.16 bits per heavy atom. The van der Waals surface area contributed by atoms with Gasteiger partial charge in [0.25, 0.3) is 0 Å². The lowest BCUT2D eigenvalue weighted by Gasteiger charge is -2.32. The number of methoxy groups -OCH3 is 1. The summed E-state index contributed by atoms with van der Waals surface area (Å²) in [7, 11) is 1.32. The predicted molar refractivity (Wildman–Crippen MR) is 67.4 cm³/mol. The van der Waals surface area contributed by atoms with Crippen LogP contribution in [0.3, 0.4) is 0 Å². The molecular weight excluding hydrogens is 248 g/mol. The maximum atomic E-state index is 11.4. The fraction of sp³-hybridized carbons (Fsp3) is 0.500. The minimum absolute atomic E-state index is 0.0826. The zero-order valence-electron chi connectivity index (χ0n) is 10.8. The molecule has 3 atom stereocenters. The zero-order valence-corrected chi connectivity index (χ0v) is 10.8. The third-order valence-corrected chi connectivity index (χ3v) is 3.11. The van der Waals surface area contributed by atoms with E-state index in [0.29, 0.717) is 13.0 Å². The molecule has 2 rings (SSSR count). The van der Waals surface area contributed by atoms with Gasteiger partial charge in [-0.3, -0.25) is 0 Å². The first-order valence-corrected chi connectivity index (χ1v) is 6.23. The van der Waals surface area contributed by atoms with Crippen molar-refractivity contribution in [2.45, 2.75) is 31.3 Å². The Bertz CT molecular complexity index is 406. The Kier molecular flexibility index (Phi) is 4.90. The highest BCUT2D eigenvalue weighted by molar-refractivity contribution is 5.74. The van der Waals surface area contributed by atoms with Crippen LogP contribution in [0.15, 0.2) is 30.3 Å². The summed E-state index contributed by atoms with van der Waals surface area (Å²) in [5, 5.41) is 9.82. The van der Waals surface area contributed by atoms with Gasteiger partial charge in [-0.15, -0.1) is 0 Å². The quantitative estimate of drug-likeness (QED) is 0.820. The zero-order chi connectivity index (χ0) is 13.7. The molecule has 1 heterocycles. The standard InChI is InChI=1S/C14H18O5/c1-17-14(16)13-7-12(11(15)9-19-13)18-8-10-5-3-2-4-6-10/h2-6,11-13,15H,7-9H2,1H3. The molecule has 1 aliphatic rings. The number of hydrogen-bond acceptors (Lipinski definition) is 5. The molecule has 19 heavy (non-hydrogen) atoms. The second-order valence-electron chi connectivity index (χ2n) is 4.48. The summed E-state index contributed by atoms with van der Waals surface area (Å²) in [6.07, 6.45) is -1.49. The molecule has 104 valence electrons. The number of esters is 1. The maximum absolute atomic E-state index is 11.4. The van der Waals surface area contributed by atoms with Gasteiger partial charge in [-0.25, -0.2) is 4.79 Å². The number of aliphatic hydroxyl groups is 1. The van der Waals surface area contributed by atoms with Gasteiger partial charge in [0.2, 0.25) is 0 Å². The van der Waals surface area contributed by atoms with Crippen LogP contribution in [0, 0.1) is 0 Å². The monoisotopic (exact) mass is 266 g/mol. The summed E-state index contributed by atoms with van der Waals surface area (Å²) in [6, 6.07) is 9.68. The summed E-state index contributed by atoms with van der Waals surface area (Å²) in [5.74, 6) is -0.430. The van der Waals surface area contributed by atoms with Gasteiger partial charge in [-0.2, -0.15) is 0 Å². The average Bonchev–Trinajstić information content (AvgIpc) is 2.46. The van der Waals surface area contributed by atoms with Crippen molar-refractivity contribution in [1.82, 2.24) is 0 Å². The van der Waals surface area contributed by atoms with Crippen LogP contribution in [0.1, 0.15) is 12.0 Å². The minimum atomic E-state index is -0.718. The molecular formula is C14H18O5. The Hall–Kier alpha value is -1.43. The molecule has 0 radical (unpaired) electrons. The number of carbonyl (C=O) groups excluding carboxylic acids is 1. The Labute approximate surface area is 112 Å². The second kappa shape index (κ2) is 6.65. The number of hydrogen-bond donors (Lipinski definition) is 1. The second-order valence-corrected chi connectivity index (χ2v) is 4.48. The summed E-state index contributed by atoms with van der Waals surface area (Å²) in [5.41, 5.74) is 1.02. The van der Waals surface area contributed by atoms with Gasteiger partial charge in [0.05, 0.1) is 26.4 Å². The molecule has 1 N–H and O–H groups in total. The van der Waals surface area contributed by atoms with Crippen LogP contribution in [0.5, 0.6) is 0 Å². The van der Waals surface area contributed by atoms with Gasteiger partial charge in [-0.1, -0.05) is 30.3 Å². The topological polar surface area (TPSA) is 65.0 Å². The maximum Gasteiger partial charge on any atom is 0.335 e. The lowest BCUT2D eigenvalue weighted by atomic mass is 10.0. The Morgan fingerprint density at radius 3 is 2.84 bits per heavy atom. The molecule has 0 amide bonds. The third-order valence-electron chi connectivity index (χ3n) is 3.11. The number of rotatable bonds is 4. The van der Waals surface area contributed by atoms with Crippen LogP contribution in [-0.2, 0) is 25.6 Å². The number of aliphatic hydroxyl groups excluding tert-OH is 1. The fourth-order valence-corrected chi connectivity index (χ4v) is 2.01. The molecule has 0 bridgehead atoms. The SMILES string of the molecule is COC(=O)C1CC(OCc2ccccc2)C(O)CO1. The molecule has 1 aromatic rings. The molecule has 1 aliphatic heterocycles. The normalized spacial score (nSPS) is 26.9. The first-order chi connectivity index (χ1) is 9.20. The predicted octanol–water partition coefficient (Wildman–Crippen LogP) is 0.895. The lowest BCUT2D eigenvalue weighted by molar-refractivity contribution is -0.179. The van der Waals surface area contributed by atoms with Gasteiger partial charge in [-0.05, 0) is 5.56 Å². The molecule has 0 saturated carbocycles. The lowest BCUT2D eigenvalue weighted by Crippen LogP contribution is -2.45. The van der Waals surface area contributed by atoms with Gasteiger partial charge in [0.1, 0.15) is 6.10 Å². The highest BCUT2D eigenvalue weighted by atomic mass is 16.6. The van der Waals surface area contributed by atoms with Crippen molar-refractivity contribution in [2.75, 3.05) is 13.7 Å². The molecule has 0 aliphatic carbocycles. The van der Waals surface area contributed by atoms with Crippen molar-refractivity contribution >= 4 is 5.97 Å². The van der Waals surface area contributed by atoms with E-state index in [1.165, 1.54) is 7.11 Å². The molecule has 1 saturated heterocycles. The van der Waals surface area contributed by atoms with Crippen molar-refractivity contribution in [3.05, 3.63) is 35.9 Å². The van der Waals surface area contributed by atoms with Crippen molar-refractivity contribution in [2.24, 2.45) is 0 Å². The van der Waals surface area contributed by atoms with Crippen molar-refractivity contribution < 1.29 is 24.1 Å². The third kappa shape index (κ3) is 3.76. The molecule has 1 fully saturated rings. The Morgan fingerprint density at radius 1 is 1.42 bits per heavy atom. The average molecular weight is 266 g/mol. The van der Waals surface area contributed by atoms with Crippen LogP contribution in [0.4, 0.5) is 0 Å². The van der Waals surface area contributed by atoms with Crippen LogP contribution >= 0.6 is 0 Å². The van der Waals surface area contributed by atoms with E-state index in [0.717, 1.165) is 5.56 Å². The van der Waals surface area contributed by atoms with E-state index in [9.17, 15) is 9.90 Å². The van der Waals surface area contributed by atoms with E-state index in [-0.39, 0.29) is 6.61 Å². The number of carbonyl (C=O) groups is 1. The molecule has 0 aromatic heterocycles. The summed E-state index contributed by atoms with van der Waals surface area (Å²) >= 11 is 0. The highest BCUT2D eigenvalue weighted by Crippen LogP contribution is 2.19. The van der Waals surface area contributed by atoms with Gasteiger partial charge in [0.15, 0.2) is 6.10 Å². The smallest absolute Gasteiger partial charge is 0.335 e. The van der Waals surface area contributed by atoms with E-state index >= 15 is 0 Å². The van der Waals surface area contributed by atoms with E-state index < -0.39 is 24.3 Å². The van der Waals surface area contributed by atoms with Crippen molar-refractivity contribution in [3.8, 4) is 0 Å². The number of benzene rings is 1. The fourth-order valence-electron chi connectivity index (χ4n) is 2.01. The van der Waals surface area contributed by atoms with Crippen LogP contribution in [0.25, 0.3) is 0 Å². The van der Waals surface area contributed by atoms with Crippen LogP contribution in [0.2, 0.25) is 0 Å². The molecule has 3 unspecified atom stereocenters. The summed E-state index contributed by atoms with van der Waals surface area (Å²) in [6.45, 7) is 0.482. The molecule has 5 nitrogen and oxygen atoms in total. The first-order valence-electron chi connectivity index (χ1n) is 6.23. The number of ether oxygens (including phenoxy) is 3. The van der Waals surface area contributed by atoms with Crippen LogP contribution in [-0.4, -0.2) is 43.1 Å². The van der Waals surface area contributed by atoms with Gasteiger partial charge < -0.3 is 19.3 Å². The molecule has 5 heteroatoms. The van der Waals surface area contributed by atoms with Gasteiger partial charge in [0, 0.05) is 6.42 Å². The summed E-state index contributed by atoms with van der Waals surface area (Å²) < 4.78 is 15.5. The minimum Gasteiger partial charge on any atom is -0.467 e. The Balaban J connectivity index is 1.89. The van der Waals surface area contributed by atoms with E-state index in [4.69, 9.17) is 9.47 Å². The van der Waals surface area contributed by atoms with Crippen molar-refractivity contribution in [1.29, 1.82) is 0 Å². The molecule has 1 aromatic carbocycles.